The largest absolute Gasteiger partial charge is 0.359 e. The van der Waals surface area contributed by atoms with Crippen molar-refractivity contribution in [2.75, 3.05) is 31.5 Å². The second-order valence-corrected chi connectivity index (χ2v) is 9.90. The number of carbonyl (C=O) groups excluding carboxylic acids is 2. The number of piperazine rings is 1. The average molecular weight is 499 g/mol. The maximum atomic E-state index is 12.8. The van der Waals surface area contributed by atoms with E-state index in [1.165, 1.54) is 5.56 Å². The summed E-state index contributed by atoms with van der Waals surface area (Å²) >= 11 is 3.49. The quantitative estimate of drug-likeness (QED) is 0.601. The van der Waals surface area contributed by atoms with E-state index in [4.69, 9.17) is 0 Å². The number of aromatic nitrogens is 1. The van der Waals surface area contributed by atoms with Crippen molar-refractivity contribution in [3.8, 4) is 0 Å². The smallest absolute Gasteiger partial charge is 0.256 e. The van der Waals surface area contributed by atoms with Crippen molar-refractivity contribution < 1.29 is 9.59 Å². The third-order valence-corrected chi connectivity index (χ3v) is 7.16. The molecule has 1 aromatic carbocycles. The van der Waals surface area contributed by atoms with Crippen LogP contribution in [0.4, 0.5) is 5.69 Å². The minimum Gasteiger partial charge on any atom is -0.359 e. The normalized spacial score (nSPS) is 17.9. The van der Waals surface area contributed by atoms with E-state index in [9.17, 15) is 9.59 Å². The van der Waals surface area contributed by atoms with Gasteiger partial charge in [-0.2, -0.15) is 0 Å². The lowest BCUT2D eigenvalue weighted by Gasteiger charge is -2.37. The van der Waals surface area contributed by atoms with Crippen LogP contribution in [0, 0.1) is 13.8 Å². The molecule has 2 aliphatic rings. The van der Waals surface area contributed by atoms with E-state index in [0.717, 1.165) is 58.9 Å². The molecule has 0 aliphatic carbocycles. The number of hydrogen-bond acceptors (Lipinski definition) is 3. The van der Waals surface area contributed by atoms with Crippen LogP contribution in [0.1, 0.15) is 48.3 Å². The SMILES string of the molecule is Cc1[nH]c(C=C2C(=O)Nc3ccc(Br)cc32)c(C)c1CCC(=O)N1CCN(C(C)C)CC1. The minimum atomic E-state index is -0.0954. The number of fused-ring (bicyclic) bond motifs is 1. The van der Waals surface area contributed by atoms with Gasteiger partial charge >= 0.3 is 0 Å². The van der Waals surface area contributed by atoms with Crippen LogP contribution in [-0.4, -0.2) is 58.8 Å². The summed E-state index contributed by atoms with van der Waals surface area (Å²) in [6.45, 7) is 12.0. The number of halogens is 1. The molecule has 1 fully saturated rings. The summed E-state index contributed by atoms with van der Waals surface area (Å²) in [5, 5.41) is 2.93. The van der Waals surface area contributed by atoms with Crippen molar-refractivity contribution >= 4 is 45.1 Å². The molecular weight excluding hydrogens is 468 g/mol. The van der Waals surface area contributed by atoms with E-state index in [2.05, 4.69) is 51.9 Å². The Bertz CT molecular complexity index is 1080. The minimum absolute atomic E-state index is 0.0954. The molecule has 2 aromatic rings. The second-order valence-electron chi connectivity index (χ2n) is 8.98. The number of nitrogens with one attached hydrogen (secondary N) is 2. The molecule has 4 rings (SSSR count). The highest BCUT2D eigenvalue weighted by atomic mass is 79.9. The molecule has 0 atom stereocenters. The number of rotatable bonds is 5. The van der Waals surface area contributed by atoms with Crippen molar-refractivity contribution in [2.24, 2.45) is 0 Å². The Morgan fingerprint density at radius 3 is 2.59 bits per heavy atom. The molecule has 32 heavy (non-hydrogen) atoms. The van der Waals surface area contributed by atoms with Gasteiger partial charge in [0.2, 0.25) is 5.91 Å². The Kier molecular flexibility index (Phi) is 6.58. The highest BCUT2D eigenvalue weighted by Gasteiger charge is 2.26. The number of hydrogen-bond donors (Lipinski definition) is 2. The second kappa shape index (κ2) is 9.24. The molecule has 170 valence electrons. The highest BCUT2D eigenvalue weighted by Crippen LogP contribution is 2.35. The molecule has 1 aromatic heterocycles. The summed E-state index contributed by atoms with van der Waals surface area (Å²) in [6.07, 6.45) is 3.13. The zero-order chi connectivity index (χ0) is 23.0. The molecule has 2 N–H and O–H groups in total. The fourth-order valence-electron chi connectivity index (χ4n) is 4.66. The van der Waals surface area contributed by atoms with E-state index < -0.39 is 0 Å². The standard InChI is InChI=1S/C25H31BrN4O2/c1-15(2)29-9-11-30(12-10-29)24(31)8-6-19-16(3)23(27-17(19)4)14-21-20-13-18(26)5-7-22(20)28-25(21)32/h5,7,13-15,27H,6,8-12H2,1-4H3,(H,28,32). The molecule has 7 heteroatoms. The fourth-order valence-corrected chi connectivity index (χ4v) is 5.02. The Hall–Kier alpha value is -2.38. The molecule has 0 unspecified atom stereocenters. The third-order valence-electron chi connectivity index (χ3n) is 6.67. The Balaban J connectivity index is 1.46. The number of aryl methyl sites for hydroxylation is 1. The van der Waals surface area contributed by atoms with Gasteiger partial charge in [-0.05, 0) is 69.5 Å². The van der Waals surface area contributed by atoms with Crippen LogP contribution >= 0.6 is 15.9 Å². The van der Waals surface area contributed by atoms with Crippen LogP contribution < -0.4 is 5.32 Å². The third kappa shape index (κ3) is 4.55. The van der Waals surface area contributed by atoms with Gasteiger partial charge in [-0.25, -0.2) is 0 Å². The maximum Gasteiger partial charge on any atom is 0.256 e. The maximum absolute atomic E-state index is 12.8. The summed E-state index contributed by atoms with van der Waals surface area (Å²) in [4.78, 5) is 33.2. The highest BCUT2D eigenvalue weighted by molar-refractivity contribution is 9.10. The lowest BCUT2D eigenvalue weighted by molar-refractivity contribution is -0.133. The van der Waals surface area contributed by atoms with E-state index in [-0.39, 0.29) is 11.8 Å². The molecule has 0 saturated carbocycles. The van der Waals surface area contributed by atoms with E-state index >= 15 is 0 Å². The molecule has 1 saturated heterocycles. The molecular formula is C25H31BrN4O2. The van der Waals surface area contributed by atoms with Crippen molar-refractivity contribution in [1.82, 2.24) is 14.8 Å². The first-order valence-electron chi connectivity index (χ1n) is 11.3. The first kappa shape index (κ1) is 22.8. The Morgan fingerprint density at radius 1 is 1.19 bits per heavy atom. The van der Waals surface area contributed by atoms with E-state index in [1.807, 2.05) is 36.1 Å². The van der Waals surface area contributed by atoms with Crippen LogP contribution in [0.15, 0.2) is 22.7 Å². The van der Waals surface area contributed by atoms with Gasteiger partial charge in [0.1, 0.15) is 0 Å². The van der Waals surface area contributed by atoms with Crippen LogP contribution in [0.25, 0.3) is 11.6 Å². The summed E-state index contributed by atoms with van der Waals surface area (Å²) in [5.74, 6) is 0.129. The number of benzene rings is 1. The monoisotopic (exact) mass is 498 g/mol. The molecule has 2 amide bonds. The number of carbonyl (C=O) groups is 2. The van der Waals surface area contributed by atoms with Gasteiger partial charge < -0.3 is 15.2 Å². The number of nitrogens with zero attached hydrogens (tertiary/aromatic N) is 2. The van der Waals surface area contributed by atoms with Crippen molar-refractivity contribution in [1.29, 1.82) is 0 Å². The molecule has 0 radical (unpaired) electrons. The van der Waals surface area contributed by atoms with E-state index in [0.29, 0.717) is 24.5 Å². The predicted octanol–water partition coefficient (Wildman–Crippen LogP) is 4.37. The van der Waals surface area contributed by atoms with Crippen molar-refractivity contribution in [3.05, 3.63) is 50.8 Å². The van der Waals surface area contributed by atoms with Gasteiger partial charge in [-0.1, -0.05) is 15.9 Å². The van der Waals surface area contributed by atoms with Crippen LogP contribution in [0.5, 0.6) is 0 Å². The predicted molar refractivity (Wildman–Crippen MR) is 133 cm³/mol. The zero-order valence-corrected chi connectivity index (χ0v) is 20.8. The lowest BCUT2D eigenvalue weighted by atomic mass is 10.0. The zero-order valence-electron chi connectivity index (χ0n) is 19.2. The van der Waals surface area contributed by atoms with Gasteiger partial charge in [-0.3, -0.25) is 14.5 Å². The lowest BCUT2D eigenvalue weighted by Crippen LogP contribution is -2.50. The first-order valence-corrected chi connectivity index (χ1v) is 12.1. The summed E-state index contributed by atoms with van der Waals surface area (Å²) < 4.78 is 0.937. The van der Waals surface area contributed by atoms with Gasteiger partial charge in [0, 0.05) is 65.8 Å². The number of H-pyrrole nitrogens is 1. The van der Waals surface area contributed by atoms with Gasteiger partial charge in [0.15, 0.2) is 0 Å². The van der Waals surface area contributed by atoms with Crippen molar-refractivity contribution in [2.45, 2.75) is 46.6 Å². The topological polar surface area (TPSA) is 68.4 Å². The molecule has 2 aliphatic heterocycles. The molecule has 0 bridgehead atoms. The fraction of sp³-hybridized carbons (Fsp3) is 0.440. The molecule has 3 heterocycles. The molecule has 0 spiro atoms. The van der Waals surface area contributed by atoms with Gasteiger partial charge in [0.25, 0.3) is 5.91 Å². The van der Waals surface area contributed by atoms with Crippen LogP contribution in [-0.2, 0) is 16.0 Å². The van der Waals surface area contributed by atoms with E-state index in [1.54, 1.807) is 0 Å². The van der Waals surface area contributed by atoms with Crippen molar-refractivity contribution in [3.63, 3.8) is 0 Å². The van der Waals surface area contributed by atoms with Crippen LogP contribution in [0.3, 0.4) is 0 Å². The molecule has 6 nitrogen and oxygen atoms in total. The average Bonchev–Trinajstić information content (AvgIpc) is 3.21. The van der Waals surface area contributed by atoms with Gasteiger partial charge in [-0.15, -0.1) is 0 Å². The number of aromatic amines is 1. The number of amides is 2. The summed E-state index contributed by atoms with van der Waals surface area (Å²) in [6, 6.07) is 6.32. The summed E-state index contributed by atoms with van der Waals surface area (Å²) in [7, 11) is 0. The Labute approximate surface area is 198 Å². The van der Waals surface area contributed by atoms with Gasteiger partial charge in [0.05, 0.1) is 5.57 Å². The Morgan fingerprint density at radius 2 is 1.91 bits per heavy atom. The summed E-state index contributed by atoms with van der Waals surface area (Å²) in [5.41, 5.74) is 6.62. The van der Waals surface area contributed by atoms with Crippen LogP contribution in [0.2, 0.25) is 0 Å². The number of anilines is 1. The first-order chi connectivity index (χ1) is 15.2.